The molecule has 0 aromatic carbocycles. The molecule has 0 spiro atoms. The van der Waals surface area contributed by atoms with Crippen molar-refractivity contribution in [2.75, 3.05) is 0 Å². The van der Waals surface area contributed by atoms with Crippen molar-refractivity contribution in [3.8, 4) is 0 Å². The van der Waals surface area contributed by atoms with Crippen molar-refractivity contribution >= 4 is 35.5 Å². The van der Waals surface area contributed by atoms with Gasteiger partial charge in [-0.2, -0.15) is 0 Å². The average Bonchev–Trinajstić information content (AvgIpc) is 3.38. The van der Waals surface area contributed by atoms with Gasteiger partial charge in [-0.15, -0.1) is 34.2 Å². The predicted molar refractivity (Wildman–Crippen MR) is 134 cm³/mol. The molecule has 10 heteroatoms. The number of unbranched alkanes of at least 4 members (excludes halogenated alkanes) is 3. The second-order valence-corrected chi connectivity index (χ2v) is 7.76. The molecule has 0 saturated heterocycles. The van der Waals surface area contributed by atoms with E-state index in [1.54, 1.807) is 23.2 Å². The van der Waals surface area contributed by atoms with Crippen LogP contribution in [-0.2, 0) is 40.6 Å². The van der Waals surface area contributed by atoms with E-state index in [4.69, 9.17) is 4.74 Å². The van der Waals surface area contributed by atoms with Crippen LogP contribution in [0.5, 0.6) is 0 Å². The van der Waals surface area contributed by atoms with E-state index in [2.05, 4.69) is 34.5 Å². The molecule has 0 fully saturated rings. The summed E-state index contributed by atoms with van der Waals surface area (Å²) in [6, 6.07) is 0. The van der Waals surface area contributed by atoms with E-state index in [1.165, 1.54) is 12.8 Å². The third-order valence-corrected chi connectivity index (χ3v) is 4.50. The standard InChI is InChI=1S/C18H28N6O3.C4H10.HI/c1-15(25)7-3-5-9-23-11-17(19-21-23)13-27-14-18-12-24(22-20-18)10-6-4-8-16(2)26;1-3-4-2;/h11-12H,3-10,13-14H2,1-2H3;3-4H2,1-2H3;1H. The van der Waals surface area contributed by atoms with Crippen molar-refractivity contribution in [1.82, 2.24) is 30.0 Å². The van der Waals surface area contributed by atoms with Gasteiger partial charge in [0.15, 0.2) is 0 Å². The zero-order chi connectivity index (χ0) is 22.9. The lowest BCUT2D eigenvalue weighted by Gasteiger charge is -2.00. The summed E-state index contributed by atoms with van der Waals surface area (Å²) in [4.78, 5) is 21.8. The summed E-state index contributed by atoms with van der Waals surface area (Å²) in [6.45, 7) is 9.80. The lowest BCUT2D eigenvalue weighted by Crippen LogP contribution is -2.00. The van der Waals surface area contributed by atoms with Crippen LogP contribution in [0.2, 0.25) is 0 Å². The van der Waals surface area contributed by atoms with Crippen molar-refractivity contribution in [2.24, 2.45) is 0 Å². The molecule has 2 rings (SSSR count). The minimum atomic E-state index is 0. The molecule has 0 N–H and O–H groups in total. The Hall–Kier alpha value is -1.69. The van der Waals surface area contributed by atoms with Crippen LogP contribution in [0.3, 0.4) is 0 Å². The molecule has 0 radical (unpaired) electrons. The van der Waals surface area contributed by atoms with Gasteiger partial charge in [0.05, 0.1) is 25.6 Å². The molecule has 32 heavy (non-hydrogen) atoms. The number of carbonyl (C=O) groups excluding carboxylic acids is 2. The summed E-state index contributed by atoms with van der Waals surface area (Å²) in [5, 5.41) is 16.3. The largest absolute Gasteiger partial charge is 0.369 e. The molecule has 0 amide bonds. The van der Waals surface area contributed by atoms with Gasteiger partial charge in [-0.25, -0.2) is 0 Å². The van der Waals surface area contributed by atoms with Gasteiger partial charge in [0.25, 0.3) is 0 Å². The van der Waals surface area contributed by atoms with Crippen molar-refractivity contribution < 1.29 is 14.3 Å². The third-order valence-electron chi connectivity index (χ3n) is 4.50. The Bertz CT molecular complexity index is 700. The number of Topliss-reactive ketones (excluding diaryl/α,β-unsaturated/α-hetero) is 2. The molecule has 0 aliphatic carbocycles. The third kappa shape index (κ3) is 15.2. The molecule has 0 aliphatic rings. The number of hydrogen-bond donors (Lipinski definition) is 0. The number of halogens is 1. The van der Waals surface area contributed by atoms with Crippen molar-refractivity contribution in [3.63, 3.8) is 0 Å². The predicted octanol–water partition coefficient (Wildman–Crippen LogP) is 4.53. The van der Waals surface area contributed by atoms with Gasteiger partial charge in [-0.05, 0) is 39.5 Å². The molecule has 0 aliphatic heterocycles. The molecule has 2 aromatic rings. The van der Waals surface area contributed by atoms with Crippen molar-refractivity contribution in [3.05, 3.63) is 23.8 Å². The average molecular weight is 562 g/mol. The first-order chi connectivity index (χ1) is 14.9. The summed E-state index contributed by atoms with van der Waals surface area (Å²) in [6.07, 6.45) is 11.1. The van der Waals surface area contributed by atoms with Gasteiger partial charge in [0, 0.05) is 25.9 Å². The van der Waals surface area contributed by atoms with Crippen LogP contribution in [0.1, 0.15) is 90.4 Å². The van der Waals surface area contributed by atoms with Crippen LogP contribution in [0.25, 0.3) is 0 Å². The van der Waals surface area contributed by atoms with E-state index in [0.717, 1.165) is 50.2 Å². The summed E-state index contributed by atoms with van der Waals surface area (Å²) < 4.78 is 9.17. The molecule has 2 heterocycles. The molecule has 0 atom stereocenters. The lowest BCUT2D eigenvalue weighted by molar-refractivity contribution is -0.118. The Labute approximate surface area is 208 Å². The van der Waals surface area contributed by atoms with Crippen LogP contribution in [-0.4, -0.2) is 41.6 Å². The second kappa shape index (κ2) is 18.8. The van der Waals surface area contributed by atoms with Crippen LogP contribution in [0, 0.1) is 0 Å². The lowest BCUT2D eigenvalue weighted by atomic mass is 10.2. The van der Waals surface area contributed by atoms with E-state index in [-0.39, 0.29) is 35.5 Å². The Morgan fingerprint density at radius 2 is 1.19 bits per heavy atom. The van der Waals surface area contributed by atoms with Crippen LogP contribution >= 0.6 is 24.0 Å². The van der Waals surface area contributed by atoms with Crippen molar-refractivity contribution in [2.45, 2.75) is 105 Å². The highest BCUT2D eigenvalue weighted by atomic mass is 127. The maximum Gasteiger partial charge on any atom is 0.129 e. The zero-order valence-corrected chi connectivity index (χ0v) is 22.3. The second-order valence-electron chi connectivity index (χ2n) is 7.76. The quantitative estimate of drug-likeness (QED) is 0.232. The zero-order valence-electron chi connectivity index (χ0n) is 20.0. The minimum absolute atomic E-state index is 0. The number of hydrogen-bond acceptors (Lipinski definition) is 7. The topological polar surface area (TPSA) is 105 Å². The van der Waals surface area contributed by atoms with Crippen LogP contribution in [0.4, 0.5) is 0 Å². The fourth-order valence-electron chi connectivity index (χ4n) is 2.58. The molecule has 0 unspecified atom stereocenters. The minimum Gasteiger partial charge on any atom is -0.369 e. The molecule has 0 saturated carbocycles. The van der Waals surface area contributed by atoms with Gasteiger partial charge < -0.3 is 14.3 Å². The molecular weight excluding hydrogens is 523 g/mol. The maximum absolute atomic E-state index is 10.9. The Morgan fingerprint density at radius 1 is 0.781 bits per heavy atom. The summed E-state index contributed by atoms with van der Waals surface area (Å²) in [5.74, 6) is 0.436. The number of carbonyl (C=O) groups is 2. The Balaban J connectivity index is 0.00000177. The number of nitrogens with zero attached hydrogens (tertiary/aromatic N) is 6. The maximum atomic E-state index is 10.9. The van der Waals surface area contributed by atoms with Gasteiger partial charge in [0.1, 0.15) is 23.0 Å². The number of ketones is 2. The number of aromatic nitrogens is 6. The fraction of sp³-hybridized carbons (Fsp3) is 0.727. The summed E-state index contributed by atoms with van der Waals surface area (Å²) in [7, 11) is 0. The van der Waals surface area contributed by atoms with E-state index in [0.29, 0.717) is 26.1 Å². The van der Waals surface area contributed by atoms with E-state index < -0.39 is 0 Å². The molecule has 0 bridgehead atoms. The van der Waals surface area contributed by atoms with Gasteiger partial charge >= 0.3 is 0 Å². The van der Waals surface area contributed by atoms with E-state index in [1.807, 2.05) is 12.4 Å². The smallest absolute Gasteiger partial charge is 0.129 e. The highest BCUT2D eigenvalue weighted by molar-refractivity contribution is 14.0. The summed E-state index contributed by atoms with van der Waals surface area (Å²) >= 11 is 0. The number of aryl methyl sites for hydroxylation is 2. The number of ether oxygens (including phenoxy) is 1. The Morgan fingerprint density at radius 3 is 1.53 bits per heavy atom. The molecule has 2 aromatic heterocycles. The SMILES string of the molecule is CC(=O)CCCCn1cc(COCc2cn(CCCCC(C)=O)nn2)nn1.CCCC.I. The monoisotopic (exact) mass is 562 g/mol. The molecule has 182 valence electrons. The van der Waals surface area contributed by atoms with E-state index >= 15 is 0 Å². The first kappa shape index (κ1) is 30.3. The van der Waals surface area contributed by atoms with Crippen LogP contribution < -0.4 is 0 Å². The first-order valence-corrected chi connectivity index (χ1v) is 11.3. The highest BCUT2D eigenvalue weighted by Gasteiger charge is 2.05. The molecule has 9 nitrogen and oxygen atoms in total. The number of rotatable bonds is 15. The van der Waals surface area contributed by atoms with E-state index in [9.17, 15) is 9.59 Å². The van der Waals surface area contributed by atoms with Crippen molar-refractivity contribution in [1.29, 1.82) is 0 Å². The fourth-order valence-corrected chi connectivity index (χ4v) is 2.58. The van der Waals surface area contributed by atoms with Crippen LogP contribution in [0.15, 0.2) is 12.4 Å². The van der Waals surface area contributed by atoms with Gasteiger partial charge in [-0.3, -0.25) is 9.36 Å². The molecular formula is C22H39IN6O3. The Kier molecular flexibility index (Phi) is 17.8. The normalized spacial score (nSPS) is 10.2. The van der Waals surface area contributed by atoms with Gasteiger partial charge in [0.2, 0.25) is 0 Å². The van der Waals surface area contributed by atoms with Gasteiger partial charge in [-0.1, -0.05) is 37.1 Å². The first-order valence-electron chi connectivity index (χ1n) is 11.3. The highest BCUT2D eigenvalue weighted by Crippen LogP contribution is 2.05. The summed E-state index contributed by atoms with van der Waals surface area (Å²) in [5.41, 5.74) is 1.52.